The minimum Gasteiger partial charge on any atom is -0.350 e. The molecule has 1 aliphatic rings. The lowest BCUT2D eigenvalue weighted by molar-refractivity contribution is -0.0258. The van der Waals surface area contributed by atoms with Crippen molar-refractivity contribution >= 4 is 16.3 Å². The maximum absolute atomic E-state index is 12.4. The van der Waals surface area contributed by atoms with E-state index in [1.54, 1.807) is 11.1 Å². The van der Waals surface area contributed by atoms with E-state index in [4.69, 9.17) is 0 Å². The third kappa shape index (κ3) is 1.29. The van der Waals surface area contributed by atoms with Gasteiger partial charge in [-0.3, -0.25) is 0 Å². The van der Waals surface area contributed by atoms with Crippen LogP contribution in [-0.2, 0) is 0 Å². The fourth-order valence-electron chi connectivity index (χ4n) is 1.16. The second kappa shape index (κ2) is 2.39. The molecule has 2 rings (SSSR count). The van der Waals surface area contributed by atoms with Crippen molar-refractivity contribution in [3.8, 4) is 0 Å². The van der Waals surface area contributed by atoms with Gasteiger partial charge in [-0.15, -0.1) is 11.3 Å². The number of rotatable bonds is 1. The van der Waals surface area contributed by atoms with E-state index in [1.807, 2.05) is 6.92 Å². The second-order valence-electron chi connectivity index (χ2n) is 2.93. The number of alkyl halides is 2. The van der Waals surface area contributed by atoms with Gasteiger partial charge in [-0.2, -0.15) is 0 Å². The Morgan fingerprint density at radius 3 is 2.67 bits per heavy atom. The van der Waals surface area contributed by atoms with Crippen LogP contribution in [-0.4, -0.2) is 24.0 Å². The highest BCUT2D eigenvalue weighted by molar-refractivity contribution is 7.15. The zero-order valence-corrected chi connectivity index (χ0v) is 7.37. The van der Waals surface area contributed by atoms with E-state index in [0.29, 0.717) is 0 Å². The number of hydrogen-bond acceptors (Lipinski definition) is 3. The largest absolute Gasteiger partial charge is 0.350 e. The van der Waals surface area contributed by atoms with Gasteiger partial charge in [0.25, 0.3) is 5.92 Å². The number of anilines is 1. The maximum atomic E-state index is 12.4. The second-order valence-corrected chi connectivity index (χ2v) is 4.14. The summed E-state index contributed by atoms with van der Waals surface area (Å²) >= 11 is 1.45. The summed E-state index contributed by atoms with van der Waals surface area (Å²) in [6.07, 6.45) is 1.65. The van der Waals surface area contributed by atoms with E-state index in [0.717, 1.165) is 10.0 Å². The van der Waals surface area contributed by atoms with Crippen LogP contribution in [0.1, 0.15) is 5.01 Å². The molecule has 0 atom stereocenters. The molecule has 0 saturated carbocycles. The molecule has 1 aromatic rings. The van der Waals surface area contributed by atoms with Crippen molar-refractivity contribution < 1.29 is 8.78 Å². The molecule has 66 valence electrons. The first-order valence-electron chi connectivity index (χ1n) is 3.62. The van der Waals surface area contributed by atoms with Crippen molar-refractivity contribution in [1.29, 1.82) is 0 Å². The van der Waals surface area contributed by atoms with Crippen LogP contribution < -0.4 is 4.90 Å². The summed E-state index contributed by atoms with van der Waals surface area (Å²) < 4.78 is 24.8. The van der Waals surface area contributed by atoms with Crippen molar-refractivity contribution in [2.75, 3.05) is 18.0 Å². The van der Waals surface area contributed by atoms with Crippen LogP contribution in [0.3, 0.4) is 0 Å². The van der Waals surface area contributed by atoms with Crippen LogP contribution in [0.5, 0.6) is 0 Å². The Morgan fingerprint density at radius 1 is 1.58 bits per heavy atom. The Bertz CT molecular complexity index is 289. The lowest BCUT2D eigenvalue weighted by atomic mass is 10.2. The predicted octanol–water partition coefficient (Wildman–Crippen LogP) is 1.91. The molecule has 0 bridgehead atoms. The highest BCUT2D eigenvalue weighted by atomic mass is 32.1. The highest BCUT2D eigenvalue weighted by Crippen LogP contribution is 2.34. The van der Waals surface area contributed by atoms with Crippen molar-refractivity contribution in [1.82, 2.24) is 4.98 Å². The van der Waals surface area contributed by atoms with Crippen molar-refractivity contribution in [2.45, 2.75) is 12.8 Å². The van der Waals surface area contributed by atoms with Crippen LogP contribution in [0.25, 0.3) is 0 Å². The van der Waals surface area contributed by atoms with Gasteiger partial charge in [0.15, 0.2) is 0 Å². The molecular formula is C7H8F2N2S. The molecule has 0 unspecified atom stereocenters. The number of aryl methyl sites for hydroxylation is 1. The zero-order chi connectivity index (χ0) is 8.77. The summed E-state index contributed by atoms with van der Waals surface area (Å²) in [6, 6.07) is 0. The van der Waals surface area contributed by atoms with E-state index in [2.05, 4.69) is 4.98 Å². The van der Waals surface area contributed by atoms with Gasteiger partial charge in [0.1, 0.15) is 5.00 Å². The predicted molar refractivity (Wildman–Crippen MR) is 44.0 cm³/mol. The summed E-state index contributed by atoms with van der Waals surface area (Å²) in [7, 11) is 0. The molecule has 2 heterocycles. The van der Waals surface area contributed by atoms with Crippen molar-refractivity contribution in [3.63, 3.8) is 0 Å². The summed E-state index contributed by atoms with van der Waals surface area (Å²) in [5.41, 5.74) is 0. The molecule has 5 heteroatoms. The third-order valence-electron chi connectivity index (χ3n) is 1.77. The van der Waals surface area contributed by atoms with Crippen molar-refractivity contribution in [3.05, 3.63) is 11.2 Å². The molecule has 12 heavy (non-hydrogen) atoms. The van der Waals surface area contributed by atoms with Gasteiger partial charge in [-0.25, -0.2) is 13.8 Å². The summed E-state index contributed by atoms with van der Waals surface area (Å²) in [5, 5.41) is 1.76. The molecule has 1 aromatic heterocycles. The number of thiazole rings is 1. The topological polar surface area (TPSA) is 16.1 Å². The first-order valence-corrected chi connectivity index (χ1v) is 4.44. The van der Waals surface area contributed by atoms with E-state index in [1.165, 1.54) is 11.3 Å². The molecule has 0 aromatic carbocycles. The monoisotopic (exact) mass is 190 g/mol. The van der Waals surface area contributed by atoms with Gasteiger partial charge >= 0.3 is 0 Å². The SMILES string of the molecule is Cc1ncc(N2CC(F)(F)C2)s1. The van der Waals surface area contributed by atoms with Crippen LogP contribution >= 0.6 is 11.3 Å². The Balaban J connectivity index is 2.06. The van der Waals surface area contributed by atoms with E-state index in [-0.39, 0.29) is 13.1 Å². The van der Waals surface area contributed by atoms with Gasteiger partial charge in [-0.1, -0.05) is 0 Å². The van der Waals surface area contributed by atoms with Gasteiger partial charge in [-0.05, 0) is 6.92 Å². The molecule has 0 radical (unpaired) electrons. The lowest BCUT2D eigenvalue weighted by Crippen LogP contribution is -2.56. The van der Waals surface area contributed by atoms with E-state index >= 15 is 0 Å². The number of nitrogens with zero attached hydrogens (tertiary/aromatic N) is 2. The Labute approximate surface area is 72.8 Å². The molecule has 0 aliphatic carbocycles. The minimum atomic E-state index is -2.49. The van der Waals surface area contributed by atoms with Crippen LogP contribution in [0.2, 0.25) is 0 Å². The zero-order valence-electron chi connectivity index (χ0n) is 6.55. The minimum absolute atomic E-state index is 0.158. The van der Waals surface area contributed by atoms with Gasteiger partial charge in [0, 0.05) is 0 Å². The number of halogens is 2. The molecule has 0 amide bonds. The van der Waals surface area contributed by atoms with Crippen LogP contribution in [0, 0.1) is 6.92 Å². The molecule has 1 saturated heterocycles. The summed E-state index contributed by atoms with van der Waals surface area (Å²) in [6.45, 7) is 1.55. The van der Waals surface area contributed by atoms with Crippen LogP contribution in [0.4, 0.5) is 13.8 Å². The first kappa shape index (κ1) is 7.91. The van der Waals surface area contributed by atoms with Gasteiger partial charge in [0.2, 0.25) is 0 Å². The standard InChI is InChI=1S/C7H8F2N2S/c1-5-10-2-6(12-5)11-3-7(8,9)4-11/h2H,3-4H2,1H3. The molecule has 0 spiro atoms. The summed E-state index contributed by atoms with van der Waals surface area (Å²) in [4.78, 5) is 5.64. The maximum Gasteiger partial charge on any atom is 0.282 e. The Morgan fingerprint density at radius 2 is 2.25 bits per heavy atom. The Kier molecular flexibility index (Phi) is 1.57. The fraction of sp³-hybridized carbons (Fsp3) is 0.571. The number of aromatic nitrogens is 1. The lowest BCUT2D eigenvalue weighted by Gasteiger charge is -2.39. The average Bonchev–Trinajstić information content (AvgIpc) is 2.30. The van der Waals surface area contributed by atoms with E-state index in [9.17, 15) is 8.78 Å². The van der Waals surface area contributed by atoms with Gasteiger partial charge in [0.05, 0.1) is 24.3 Å². The first-order chi connectivity index (χ1) is 5.57. The molecule has 2 nitrogen and oxygen atoms in total. The molecule has 1 aliphatic heterocycles. The molecule has 1 fully saturated rings. The molecular weight excluding hydrogens is 182 g/mol. The third-order valence-corrected chi connectivity index (χ3v) is 2.74. The average molecular weight is 190 g/mol. The van der Waals surface area contributed by atoms with Crippen molar-refractivity contribution in [2.24, 2.45) is 0 Å². The smallest absolute Gasteiger partial charge is 0.282 e. The fourth-order valence-corrected chi connectivity index (χ4v) is 1.94. The summed E-state index contributed by atoms with van der Waals surface area (Å²) in [5.74, 6) is -2.49. The number of hydrogen-bond donors (Lipinski definition) is 0. The quantitative estimate of drug-likeness (QED) is 0.672. The molecule has 0 N–H and O–H groups in total. The highest BCUT2D eigenvalue weighted by Gasteiger charge is 2.44. The van der Waals surface area contributed by atoms with Crippen LogP contribution in [0.15, 0.2) is 6.20 Å². The van der Waals surface area contributed by atoms with Gasteiger partial charge < -0.3 is 4.90 Å². The normalized spacial score (nSPS) is 20.8. The van der Waals surface area contributed by atoms with E-state index < -0.39 is 5.92 Å². The Hall–Kier alpha value is -0.710.